The van der Waals surface area contributed by atoms with E-state index in [-0.39, 0.29) is 24.0 Å². The van der Waals surface area contributed by atoms with Gasteiger partial charge in [0.15, 0.2) is 5.96 Å². The molecule has 1 aromatic carbocycles. The molecule has 0 aliphatic rings. The van der Waals surface area contributed by atoms with Gasteiger partial charge < -0.3 is 11.1 Å². The molecule has 0 atom stereocenters. The Labute approximate surface area is 137 Å². The van der Waals surface area contributed by atoms with Crippen molar-refractivity contribution in [3.8, 4) is 0 Å². The molecule has 0 heterocycles. The van der Waals surface area contributed by atoms with Gasteiger partial charge in [0.25, 0.3) is 0 Å². The first-order valence-electron chi connectivity index (χ1n) is 6.28. The normalized spacial score (nSPS) is 11.3. The number of hydrogen-bond donors (Lipinski definition) is 2. The van der Waals surface area contributed by atoms with E-state index in [1.165, 1.54) is 10.5 Å². The summed E-state index contributed by atoms with van der Waals surface area (Å²) < 4.78 is 0. The van der Waals surface area contributed by atoms with Crippen LogP contribution in [0, 0.1) is 5.92 Å². The Balaban J connectivity index is 0.00000324. The zero-order valence-corrected chi connectivity index (χ0v) is 15.0. The second kappa shape index (κ2) is 10.4. The van der Waals surface area contributed by atoms with Crippen LogP contribution >= 0.6 is 35.7 Å². The maximum atomic E-state index is 5.80. The molecule has 0 unspecified atom stereocenters. The highest BCUT2D eigenvalue weighted by Gasteiger charge is 1.96. The van der Waals surface area contributed by atoms with Crippen molar-refractivity contribution in [2.24, 2.45) is 16.6 Å². The first-order chi connectivity index (χ1) is 8.61. The number of nitrogens with two attached hydrogens (primary N) is 1. The van der Waals surface area contributed by atoms with Gasteiger partial charge in [-0.25, -0.2) is 4.99 Å². The molecule has 1 aromatic rings. The largest absolute Gasteiger partial charge is 0.370 e. The fourth-order valence-electron chi connectivity index (χ4n) is 1.45. The summed E-state index contributed by atoms with van der Waals surface area (Å²) >= 11 is 1.74. The van der Waals surface area contributed by atoms with Crippen LogP contribution in [-0.2, 0) is 6.54 Å². The number of halogens is 1. The summed E-state index contributed by atoms with van der Waals surface area (Å²) in [5, 5.41) is 3.13. The van der Waals surface area contributed by atoms with Gasteiger partial charge >= 0.3 is 0 Å². The van der Waals surface area contributed by atoms with Crippen molar-refractivity contribution >= 4 is 41.7 Å². The molecule has 0 aliphatic carbocycles. The lowest BCUT2D eigenvalue weighted by atomic mass is 10.1. The van der Waals surface area contributed by atoms with Crippen LogP contribution in [0.3, 0.4) is 0 Å². The first-order valence-corrected chi connectivity index (χ1v) is 7.51. The van der Waals surface area contributed by atoms with E-state index in [9.17, 15) is 0 Å². The quantitative estimate of drug-likeness (QED) is 0.337. The second-order valence-electron chi connectivity index (χ2n) is 4.66. The summed E-state index contributed by atoms with van der Waals surface area (Å²) in [5.74, 6) is 1.22. The average molecular weight is 393 g/mol. The van der Waals surface area contributed by atoms with Gasteiger partial charge in [-0.05, 0) is 36.3 Å². The van der Waals surface area contributed by atoms with Gasteiger partial charge in [-0.1, -0.05) is 26.0 Å². The minimum Gasteiger partial charge on any atom is -0.370 e. The number of guanidine groups is 1. The molecule has 0 fully saturated rings. The van der Waals surface area contributed by atoms with Crippen molar-refractivity contribution in [2.75, 3.05) is 12.8 Å². The fourth-order valence-corrected chi connectivity index (χ4v) is 1.86. The van der Waals surface area contributed by atoms with Crippen LogP contribution in [0.4, 0.5) is 0 Å². The number of thioether (sulfide) groups is 1. The zero-order chi connectivity index (χ0) is 13.4. The van der Waals surface area contributed by atoms with Crippen LogP contribution in [0.5, 0.6) is 0 Å². The van der Waals surface area contributed by atoms with Gasteiger partial charge in [-0.15, -0.1) is 35.7 Å². The predicted octanol–water partition coefficient (Wildman–Crippen LogP) is 3.48. The third-order valence-corrected chi connectivity index (χ3v) is 3.36. The number of nitrogens with one attached hydrogen (secondary N) is 1. The molecule has 5 heteroatoms. The minimum absolute atomic E-state index is 0. The van der Waals surface area contributed by atoms with Gasteiger partial charge in [0.2, 0.25) is 0 Å². The smallest absolute Gasteiger partial charge is 0.188 e. The molecule has 0 aromatic heterocycles. The number of nitrogens with zero attached hydrogens (tertiary/aromatic N) is 1. The van der Waals surface area contributed by atoms with Gasteiger partial charge in [0.05, 0.1) is 6.54 Å². The number of benzene rings is 1. The van der Waals surface area contributed by atoms with Crippen molar-refractivity contribution in [1.82, 2.24) is 5.32 Å². The van der Waals surface area contributed by atoms with E-state index in [1.54, 1.807) is 11.8 Å². The molecule has 0 saturated carbocycles. The summed E-state index contributed by atoms with van der Waals surface area (Å²) in [7, 11) is 0. The predicted molar refractivity (Wildman–Crippen MR) is 96.4 cm³/mol. The van der Waals surface area contributed by atoms with E-state index in [0.717, 1.165) is 13.0 Å². The summed E-state index contributed by atoms with van der Waals surface area (Å²) in [5.41, 5.74) is 6.98. The Hall–Kier alpha value is -0.430. The highest BCUT2D eigenvalue weighted by molar-refractivity contribution is 14.0. The maximum Gasteiger partial charge on any atom is 0.188 e. The van der Waals surface area contributed by atoms with Gasteiger partial charge in [-0.2, -0.15) is 0 Å². The zero-order valence-electron chi connectivity index (χ0n) is 11.8. The van der Waals surface area contributed by atoms with E-state index in [1.807, 2.05) is 0 Å². The molecular formula is C14H24IN3S. The van der Waals surface area contributed by atoms with Gasteiger partial charge in [0.1, 0.15) is 0 Å². The summed E-state index contributed by atoms with van der Waals surface area (Å²) in [6.45, 7) is 5.91. The molecular weight excluding hydrogens is 369 g/mol. The Kier molecular flexibility index (Phi) is 10.1. The molecule has 0 amide bonds. The standard InChI is InChI=1S/C14H23N3S.HI/c1-11(2)8-9-16-14(15)17-10-12-4-6-13(18-3)7-5-12;/h4-7,11H,8-10H2,1-3H3,(H3,15,16,17);1H. The first kappa shape index (κ1) is 18.6. The minimum atomic E-state index is 0. The van der Waals surface area contributed by atoms with Crippen LogP contribution in [0.2, 0.25) is 0 Å². The van der Waals surface area contributed by atoms with E-state index in [4.69, 9.17) is 5.73 Å². The summed E-state index contributed by atoms with van der Waals surface area (Å²) in [4.78, 5) is 5.59. The molecule has 0 aliphatic heterocycles. The van der Waals surface area contributed by atoms with Crippen LogP contribution < -0.4 is 11.1 Å². The van der Waals surface area contributed by atoms with Gasteiger partial charge in [0, 0.05) is 11.4 Å². The van der Waals surface area contributed by atoms with Crippen LogP contribution in [0.25, 0.3) is 0 Å². The van der Waals surface area contributed by atoms with Crippen molar-refractivity contribution < 1.29 is 0 Å². The monoisotopic (exact) mass is 393 g/mol. The number of hydrogen-bond acceptors (Lipinski definition) is 2. The number of rotatable bonds is 6. The van der Waals surface area contributed by atoms with Crippen LogP contribution in [-0.4, -0.2) is 18.8 Å². The van der Waals surface area contributed by atoms with Crippen molar-refractivity contribution in [2.45, 2.75) is 31.7 Å². The van der Waals surface area contributed by atoms with Crippen molar-refractivity contribution in [3.63, 3.8) is 0 Å². The Morgan fingerprint density at radius 1 is 1.32 bits per heavy atom. The van der Waals surface area contributed by atoms with E-state index >= 15 is 0 Å². The van der Waals surface area contributed by atoms with E-state index < -0.39 is 0 Å². The lowest BCUT2D eigenvalue weighted by molar-refractivity contribution is 0.576. The fraction of sp³-hybridized carbons (Fsp3) is 0.500. The average Bonchev–Trinajstić information content (AvgIpc) is 2.36. The molecule has 1 rings (SSSR count). The molecule has 0 bridgehead atoms. The van der Waals surface area contributed by atoms with Crippen molar-refractivity contribution in [3.05, 3.63) is 29.8 Å². The van der Waals surface area contributed by atoms with Crippen LogP contribution in [0.1, 0.15) is 25.8 Å². The lowest BCUT2D eigenvalue weighted by Gasteiger charge is -2.07. The third kappa shape index (κ3) is 8.36. The SMILES string of the molecule is CSc1ccc(CN=C(N)NCCC(C)C)cc1.I. The number of aliphatic imine (C=N–C) groups is 1. The third-order valence-electron chi connectivity index (χ3n) is 2.62. The Bertz CT molecular complexity index is 377. The molecule has 0 saturated heterocycles. The summed E-state index contributed by atoms with van der Waals surface area (Å²) in [6, 6.07) is 8.41. The van der Waals surface area contributed by atoms with Crippen LogP contribution in [0.15, 0.2) is 34.2 Å². The highest BCUT2D eigenvalue weighted by Crippen LogP contribution is 2.15. The Morgan fingerprint density at radius 2 is 1.95 bits per heavy atom. The van der Waals surface area contributed by atoms with Gasteiger partial charge in [-0.3, -0.25) is 0 Å². The molecule has 3 nitrogen and oxygen atoms in total. The van der Waals surface area contributed by atoms with Crippen molar-refractivity contribution in [1.29, 1.82) is 0 Å². The highest BCUT2D eigenvalue weighted by atomic mass is 127. The molecule has 0 radical (unpaired) electrons. The topological polar surface area (TPSA) is 50.4 Å². The lowest BCUT2D eigenvalue weighted by Crippen LogP contribution is -2.32. The maximum absolute atomic E-state index is 5.80. The van der Waals surface area contributed by atoms with E-state index in [0.29, 0.717) is 18.4 Å². The molecule has 108 valence electrons. The summed E-state index contributed by atoms with van der Waals surface area (Å²) in [6.07, 6.45) is 3.18. The second-order valence-corrected chi connectivity index (χ2v) is 5.54. The molecule has 19 heavy (non-hydrogen) atoms. The molecule has 0 spiro atoms. The molecule has 3 N–H and O–H groups in total. The Morgan fingerprint density at radius 3 is 2.47 bits per heavy atom. The van der Waals surface area contributed by atoms with E-state index in [2.05, 4.69) is 54.7 Å².